The van der Waals surface area contributed by atoms with Gasteiger partial charge in [0.25, 0.3) is 5.91 Å². The van der Waals surface area contributed by atoms with Crippen molar-refractivity contribution in [3.05, 3.63) is 28.2 Å². The van der Waals surface area contributed by atoms with Gasteiger partial charge < -0.3 is 15.0 Å². The molecule has 1 fully saturated rings. The van der Waals surface area contributed by atoms with Crippen molar-refractivity contribution in [2.24, 2.45) is 0 Å². The zero-order valence-corrected chi connectivity index (χ0v) is 13.1. The SMILES string of the molecule is CC(=O)N1CCC(NC(=O)COc2ccc(Cl)cc2Cl)C1. The van der Waals surface area contributed by atoms with Crippen LogP contribution < -0.4 is 10.1 Å². The second-order valence-electron chi connectivity index (χ2n) is 4.88. The molecule has 1 aromatic rings. The molecular formula is C14H16Cl2N2O3. The van der Waals surface area contributed by atoms with Crippen LogP contribution in [0.3, 0.4) is 0 Å². The summed E-state index contributed by atoms with van der Waals surface area (Å²) in [7, 11) is 0. The van der Waals surface area contributed by atoms with Crippen molar-refractivity contribution in [1.82, 2.24) is 10.2 Å². The maximum absolute atomic E-state index is 11.8. The molecule has 0 radical (unpaired) electrons. The van der Waals surface area contributed by atoms with Gasteiger partial charge in [-0.1, -0.05) is 23.2 Å². The van der Waals surface area contributed by atoms with Crippen LogP contribution in [-0.4, -0.2) is 42.5 Å². The van der Waals surface area contributed by atoms with Crippen molar-refractivity contribution in [3.63, 3.8) is 0 Å². The van der Waals surface area contributed by atoms with E-state index in [-0.39, 0.29) is 24.5 Å². The molecule has 1 N–H and O–H groups in total. The lowest BCUT2D eigenvalue weighted by Gasteiger charge is -2.15. The first-order chi connectivity index (χ1) is 9.95. The van der Waals surface area contributed by atoms with E-state index >= 15 is 0 Å². The minimum absolute atomic E-state index is 0.0225. The fourth-order valence-electron chi connectivity index (χ4n) is 2.17. The Kier molecular flexibility index (Phi) is 5.31. The molecule has 1 heterocycles. The first kappa shape index (κ1) is 15.9. The molecule has 21 heavy (non-hydrogen) atoms. The number of hydrogen-bond acceptors (Lipinski definition) is 3. The molecule has 0 aromatic heterocycles. The number of ether oxygens (including phenoxy) is 1. The van der Waals surface area contributed by atoms with E-state index in [4.69, 9.17) is 27.9 Å². The van der Waals surface area contributed by atoms with E-state index in [0.717, 1.165) is 6.42 Å². The fourth-order valence-corrected chi connectivity index (χ4v) is 2.63. The molecule has 1 saturated heterocycles. The lowest BCUT2D eigenvalue weighted by Crippen LogP contribution is -2.40. The molecule has 1 unspecified atom stereocenters. The van der Waals surface area contributed by atoms with E-state index < -0.39 is 0 Å². The summed E-state index contributed by atoms with van der Waals surface area (Å²) in [6, 6.07) is 4.79. The van der Waals surface area contributed by atoms with Gasteiger partial charge in [0.2, 0.25) is 5.91 Å². The van der Waals surface area contributed by atoms with Crippen LogP contribution in [0.15, 0.2) is 18.2 Å². The van der Waals surface area contributed by atoms with Gasteiger partial charge in [0.1, 0.15) is 5.75 Å². The van der Waals surface area contributed by atoms with Crippen LogP contribution in [0.5, 0.6) is 5.75 Å². The zero-order chi connectivity index (χ0) is 15.4. The minimum atomic E-state index is -0.239. The number of halogens is 2. The highest BCUT2D eigenvalue weighted by Gasteiger charge is 2.25. The average molecular weight is 331 g/mol. The van der Waals surface area contributed by atoms with Crippen LogP contribution in [0.2, 0.25) is 10.0 Å². The van der Waals surface area contributed by atoms with Gasteiger partial charge in [-0.3, -0.25) is 9.59 Å². The van der Waals surface area contributed by atoms with Crippen molar-refractivity contribution in [1.29, 1.82) is 0 Å². The average Bonchev–Trinajstić information content (AvgIpc) is 2.86. The summed E-state index contributed by atoms with van der Waals surface area (Å²) in [6.45, 7) is 2.61. The first-order valence-electron chi connectivity index (χ1n) is 6.58. The predicted molar refractivity (Wildman–Crippen MR) is 80.8 cm³/mol. The van der Waals surface area contributed by atoms with E-state index in [1.807, 2.05) is 0 Å². The third kappa shape index (κ3) is 4.51. The van der Waals surface area contributed by atoms with Gasteiger partial charge in [-0.2, -0.15) is 0 Å². The number of nitrogens with zero attached hydrogens (tertiary/aromatic N) is 1. The van der Waals surface area contributed by atoms with Gasteiger partial charge in [0.15, 0.2) is 6.61 Å². The molecule has 114 valence electrons. The standard InChI is InChI=1S/C14H16Cl2N2O3/c1-9(19)18-5-4-11(7-18)17-14(20)8-21-13-3-2-10(15)6-12(13)16/h2-3,6,11H,4-5,7-8H2,1H3,(H,17,20). The maximum Gasteiger partial charge on any atom is 0.258 e. The molecule has 1 atom stereocenters. The highest BCUT2D eigenvalue weighted by Crippen LogP contribution is 2.27. The van der Waals surface area contributed by atoms with Crippen molar-refractivity contribution >= 4 is 35.0 Å². The number of nitrogens with one attached hydrogen (secondary N) is 1. The molecule has 1 aliphatic heterocycles. The summed E-state index contributed by atoms with van der Waals surface area (Å²) in [6.07, 6.45) is 0.757. The maximum atomic E-state index is 11.8. The summed E-state index contributed by atoms with van der Waals surface area (Å²) in [5, 5.41) is 3.70. The van der Waals surface area contributed by atoms with Gasteiger partial charge in [-0.05, 0) is 24.6 Å². The number of hydrogen-bond donors (Lipinski definition) is 1. The predicted octanol–water partition coefficient (Wildman–Crippen LogP) is 2.11. The quantitative estimate of drug-likeness (QED) is 0.919. The lowest BCUT2D eigenvalue weighted by atomic mass is 10.2. The number of carbonyl (C=O) groups is 2. The van der Waals surface area contributed by atoms with Crippen molar-refractivity contribution in [2.75, 3.05) is 19.7 Å². The van der Waals surface area contributed by atoms with Gasteiger partial charge in [0, 0.05) is 31.1 Å². The van der Waals surface area contributed by atoms with E-state index in [0.29, 0.717) is 28.9 Å². The third-order valence-corrected chi connectivity index (χ3v) is 3.78. The van der Waals surface area contributed by atoms with Crippen molar-refractivity contribution in [2.45, 2.75) is 19.4 Å². The third-order valence-electron chi connectivity index (χ3n) is 3.25. The van der Waals surface area contributed by atoms with Crippen LogP contribution in [0, 0.1) is 0 Å². The second kappa shape index (κ2) is 7.00. The highest BCUT2D eigenvalue weighted by molar-refractivity contribution is 6.35. The Labute approximate surface area is 133 Å². The van der Waals surface area contributed by atoms with E-state index in [9.17, 15) is 9.59 Å². The minimum Gasteiger partial charge on any atom is -0.482 e. The Balaban J connectivity index is 1.79. The van der Waals surface area contributed by atoms with Crippen LogP contribution in [-0.2, 0) is 9.59 Å². The highest BCUT2D eigenvalue weighted by atomic mass is 35.5. The molecule has 1 aromatic carbocycles. The van der Waals surface area contributed by atoms with Crippen LogP contribution in [0.25, 0.3) is 0 Å². The summed E-state index contributed by atoms with van der Waals surface area (Å²) < 4.78 is 5.35. The molecule has 0 aliphatic carbocycles. The monoisotopic (exact) mass is 330 g/mol. The number of benzene rings is 1. The van der Waals surface area contributed by atoms with Gasteiger partial charge in [-0.25, -0.2) is 0 Å². The Bertz CT molecular complexity index is 551. The summed E-state index contributed by atoms with van der Waals surface area (Å²) in [4.78, 5) is 24.7. The lowest BCUT2D eigenvalue weighted by molar-refractivity contribution is -0.128. The van der Waals surface area contributed by atoms with Gasteiger partial charge >= 0.3 is 0 Å². The number of amides is 2. The fraction of sp³-hybridized carbons (Fsp3) is 0.429. The Morgan fingerprint density at radius 2 is 2.19 bits per heavy atom. The molecule has 0 saturated carbocycles. The molecule has 7 heteroatoms. The van der Waals surface area contributed by atoms with Crippen LogP contribution in [0.1, 0.15) is 13.3 Å². The van der Waals surface area contributed by atoms with Crippen molar-refractivity contribution < 1.29 is 14.3 Å². The second-order valence-corrected chi connectivity index (χ2v) is 5.73. The summed E-state index contributed by atoms with van der Waals surface area (Å²) in [5.41, 5.74) is 0. The molecule has 5 nitrogen and oxygen atoms in total. The zero-order valence-electron chi connectivity index (χ0n) is 11.6. The van der Waals surface area contributed by atoms with Crippen molar-refractivity contribution in [3.8, 4) is 5.75 Å². The number of rotatable bonds is 4. The van der Waals surface area contributed by atoms with Crippen LogP contribution in [0.4, 0.5) is 0 Å². The summed E-state index contributed by atoms with van der Waals surface area (Å²) >= 11 is 11.7. The molecule has 2 amide bonds. The summed E-state index contributed by atoms with van der Waals surface area (Å²) in [5.74, 6) is 0.195. The molecular weight excluding hydrogens is 315 g/mol. The van der Waals surface area contributed by atoms with Gasteiger partial charge in [-0.15, -0.1) is 0 Å². The molecule has 0 spiro atoms. The van der Waals surface area contributed by atoms with Crippen LogP contribution >= 0.6 is 23.2 Å². The number of carbonyl (C=O) groups excluding carboxylic acids is 2. The smallest absolute Gasteiger partial charge is 0.258 e. The van der Waals surface area contributed by atoms with Gasteiger partial charge in [0.05, 0.1) is 5.02 Å². The Morgan fingerprint density at radius 3 is 2.81 bits per heavy atom. The van der Waals surface area contributed by atoms with E-state index in [1.165, 1.54) is 6.92 Å². The first-order valence-corrected chi connectivity index (χ1v) is 7.34. The largest absolute Gasteiger partial charge is 0.482 e. The molecule has 0 bridgehead atoms. The normalized spacial score (nSPS) is 17.7. The Morgan fingerprint density at radius 1 is 1.43 bits per heavy atom. The Hall–Kier alpha value is -1.46. The van der Waals surface area contributed by atoms with E-state index in [2.05, 4.69) is 5.32 Å². The molecule has 2 rings (SSSR count). The van der Waals surface area contributed by atoms with E-state index in [1.54, 1.807) is 23.1 Å². The number of likely N-dealkylation sites (tertiary alicyclic amines) is 1. The molecule has 1 aliphatic rings. The topological polar surface area (TPSA) is 58.6 Å².